The molecule has 0 aliphatic rings. The molecule has 1 rings (SSSR count). The second kappa shape index (κ2) is 11.9. The van der Waals surface area contributed by atoms with Gasteiger partial charge in [-0.1, -0.05) is 18.7 Å². The second-order valence-corrected chi connectivity index (χ2v) is 7.30. The SMILES string of the molecule is C=C/C(=C\C(=C/C)NS(=O)(=O)c1cc(OCC)ccc1OC)C(=O)NCCOC.[HH].[HH]. The van der Waals surface area contributed by atoms with Crippen molar-refractivity contribution in [2.24, 2.45) is 0 Å². The van der Waals surface area contributed by atoms with Gasteiger partial charge in [0.15, 0.2) is 0 Å². The van der Waals surface area contributed by atoms with E-state index >= 15 is 0 Å². The van der Waals surface area contributed by atoms with Crippen LogP contribution in [-0.4, -0.2) is 48.3 Å². The highest BCUT2D eigenvalue weighted by molar-refractivity contribution is 7.89. The highest BCUT2D eigenvalue weighted by atomic mass is 32.2. The van der Waals surface area contributed by atoms with Gasteiger partial charge in [0.25, 0.3) is 15.9 Å². The van der Waals surface area contributed by atoms with Crippen molar-refractivity contribution >= 4 is 15.9 Å². The Morgan fingerprint density at radius 1 is 1.31 bits per heavy atom. The fourth-order valence-electron chi connectivity index (χ4n) is 2.26. The molecular formula is C20H32N2O6S. The van der Waals surface area contributed by atoms with Gasteiger partial charge in [-0.2, -0.15) is 0 Å². The molecule has 1 amide bonds. The van der Waals surface area contributed by atoms with Crippen LogP contribution in [0.4, 0.5) is 0 Å². The van der Waals surface area contributed by atoms with Crippen molar-refractivity contribution in [2.45, 2.75) is 18.7 Å². The molecule has 0 saturated carbocycles. The Bertz CT molecular complexity index is 886. The lowest BCUT2D eigenvalue weighted by Crippen LogP contribution is -2.28. The molecular weight excluding hydrogens is 396 g/mol. The van der Waals surface area contributed by atoms with Gasteiger partial charge >= 0.3 is 0 Å². The first kappa shape index (κ1) is 24.3. The van der Waals surface area contributed by atoms with Crippen LogP contribution in [0.5, 0.6) is 11.5 Å². The van der Waals surface area contributed by atoms with Gasteiger partial charge in [-0.15, -0.1) is 0 Å². The molecule has 0 spiro atoms. The first-order chi connectivity index (χ1) is 13.8. The van der Waals surface area contributed by atoms with E-state index in [2.05, 4.69) is 16.6 Å². The average Bonchev–Trinajstić information content (AvgIpc) is 2.71. The number of ether oxygens (including phenoxy) is 3. The van der Waals surface area contributed by atoms with Crippen LogP contribution in [0.2, 0.25) is 0 Å². The summed E-state index contributed by atoms with van der Waals surface area (Å²) in [7, 11) is -1.10. The lowest BCUT2D eigenvalue weighted by molar-refractivity contribution is -0.117. The maximum absolute atomic E-state index is 12.9. The number of hydrogen-bond donors (Lipinski definition) is 2. The predicted molar refractivity (Wildman–Crippen MR) is 116 cm³/mol. The van der Waals surface area contributed by atoms with Gasteiger partial charge in [-0.3, -0.25) is 9.52 Å². The van der Waals surface area contributed by atoms with Gasteiger partial charge in [0, 0.05) is 33.8 Å². The van der Waals surface area contributed by atoms with E-state index in [1.807, 2.05) is 0 Å². The molecule has 0 aromatic heterocycles. The summed E-state index contributed by atoms with van der Waals surface area (Å²) in [5.74, 6) is 0.170. The molecule has 0 fully saturated rings. The highest BCUT2D eigenvalue weighted by Gasteiger charge is 2.21. The van der Waals surface area contributed by atoms with E-state index in [1.54, 1.807) is 19.9 Å². The Labute approximate surface area is 175 Å². The standard InChI is InChI=1S/C20H28N2O6S.2H2/c1-6-15(20(23)21-11-12-26-4)13-16(7-2)22-29(24,25)19-14-17(28-8-3)9-10-18(19)27-5;;/h6-7,9-10,13-14,22H,1,8,11-12H2,2-5H3,(H,21,23);2*1H/b15-13+,16-7+;;. The third-order valence-electron chi connectivity index (χ3n) is 3.68. The van der Waals surface area contributed by atoms with Crippen LogP contribution in [0.25, 0.3) is 0 Å². The molecule has 0 heterocycles. The minimum Gasteiger partial charge on any atom is -0.495 e. The normalized spacial score (nSPS) is 12.3. The van der Waals surface area contributed by atoms with Crippen LogP contribution in [0.3, 0.4) is 0 Å². The van der Waals surface area contributed by atoms with Crippen molar-refractivity contribution < 1.29 is 30.3 Å². The number of carbonyl (C=O) groups excluding carboxylic acids is 1. The van der Waals surface area contributed by atoms with Gasteiger partial charge in [-0.25, -0.2) is 8.42 Å². The van der Waals surface area contributed by atoms with E-state index in [0.717, 1.165) is 0 Å². The summed E-state index contributed by atoms with van der Waals surface area (Å²) in [6.45, 7) is 8.12. The number of allylic oxidation sites excluding steroid dienone is 2. The number of hydrogen-bond acceptors (Lipinski definition) is 6. The van der Waals surface area contributed by atoms with Gasteiger partial charge < -0.3 is 19.5 Å². The molecule has 164 valence electrons. The summed E-state index contributed by atoms with van der Waals surface area (Å²) in [6.07, 6.45) is 4.27. The van der Waals surface area contributed by atoms with Crippen LogP contribution in [0.15, 0.2) is 59.2 Å². The number of benzene rings is 1. The average molecular weight is 429 g/mol. The lowest BCUT2D eigenvalue weighted by Gasteiger charge is -2.14. The molecule has 2 N–H and O–H groups in total. The Kier molecular flexibility index (Phi) is 9.98. The largest absolute Gasteiger partial charge is 0.495 e. The zero-order chi connectivity index (χ0) is 21.9. The van der Waals surface area contributed by atoms with Crippen LogP contribution < -0.4 is 19.5 Å². The number of rotatable bonds is 12. The molecule has 0 saturated heterocycles. The number of nitrogens with one attached hydrogen (secondary N) is 2. The first-order valence-corrected chi connectivity index (χ1v) is 10.4. The van der Waals surface area contributed by atoms with Crippen molar-refractivity contribution in [3.8, 4) is 11.5 Å². The maximum Gasteiger partial charge on any atom is 0.265 e. The summed E-state index contributed by atoms with van der Waals surface area (Å²) < 4.78 is 43.8. The smallest absolute Gasteiger partial charge is 0.265 e. The van der Waals surface area contributed by atoms with Gasteiger partial charge in [0.05, 0.1) is 20.3 Å². The van der Waals surface area contributed by atoms with E-state index in [-0.39, 0.29) is 24.8 Å². The molecule has 9 heteroatoms. The first-order valence-electron chi connectivity index (χ1n) is 8.94. The summed E-state index contributed by atoms with van der Waals surface area (Å²) >= 11 is 0. The second-order valence-electron chi connectivity index (χ2n) is 5.65. The summed E-state index contributed by atoms with van der Waals surface area (Å²) in [4.78, 5) is 12.1. The van der Waals surface area contributed by atoms with E-state index in [4.69, 9.17) is 14.2 Å². The molecule has 0 radical (unpaired) electrons. The van der Waals surface area contributed by atoms with Crippen LogP contribution in [0.1, 0.15) is 16.7 Å². The third kappa shape index (κ3) is 7.28. The molecule has 0 unspecified atom stereocenters. The third-order valence-corrected chi connectivity index (χ3v) is 5.09. The van der Waals surface area contributed by atoms with E-state index in [0.29, 0.717) is 25.5 Å². The Morgan fingerprint density at radius 3 is 2.59 bits per heavy atom. The Balaban J connectivity index is 0. The van der Waals surface area contributed by atoms with E-state index in [1.165, 1.54) is 44.6 Å². The molecule has 0 bridgehead atoms. The zero-order valence-electron chi connectivity index (χ0n) is 17.2. The summed E-state index contributed by atoms with van der Waals surface area (Å²) in [5, 5.41) is 2.65. The predicted octanol–water partition coefficient (Wildman–Crippen LogP) is 2.64. The number of amides is 1. The fourth-order valence-corrected chi connectivity index (χ4v) is 3.54. The molecule has 29 heavy (non-hydrogen) atoms. The zero-order valence-corrected chi connectivity index (χ0v) is 18.0. The van der Waals surface area contributed by atoms with Gasteiger partial charge in [0.2, 0.25) is 0 Å². The summed E-state index contributed by atoms with van der Waals surface area (Å²) in [5.41, 5.74) is 0.401. The summed E-state index contributed by atoms with van der Waals surface area (Å²) in [6, 6.07) is 4.52. The lowest BCUT2D eigenvalue weighted by atomic mass is 10.2. The molecule has 1 aromatic carbocycles. The van der Waals surface area contributed by atoms with Crippen molar-refractivity contribution in [2.75, 3.05) is 34.0 Å². The molecule has 0 atom stereocenters. The molecule has 1 aromatic rings. The van der Waals surface area contributed by atoms with Crippen molar-refractivity contribution in [1.82, 2.24) is 10.0 Å². The number of carbonyl (C=O) groups is 1. The monoisotopic (exact) mass is 428 g/mol. The van der Waals surface area contributed by atoms with E-state index < -0.39 is 15.9 Å². The maximum atomic E-state index is 12.9. The highest BCUT2D eigenvalue weighted by Crippen LogP contribution is 2.28. The minimum atomic E-state index is -4.01. The van der Waals surface area contributed by atoms with E-state index in [9.17, 15) is 13.2 Å². The molecule has 0 aliphatic heterocycles. The quantitative estimate of drug-likeness (QED) is 0.301. The minimum absolute atomic E-state index is 0. The van der Waals surface area contributed by atoms with Crippen molar-refractivity contribution in [3.63, 3.8) is 0 Å². The van der Waals surface area contributed by atoms with Crippen LogP contribution in [-0.2, 0) is 19.6 Å². The Hall–Kier alpha value is -2.78. The van der Waals surface area contributed by atoms with Gasteiger partial charge in [0.1, 0.15) is 16.4 Å². The molecule has 8 nitrogen and oxygen atoms in total. The van der Waals surface area contributed by atoms with Crippen LogP contribution in [0, 0.1) is 0 Å². The Morgan fingerprint density at radius 2 is 2.03 bits per heavy atom. The topological polar surface area (TPSA) is 103 Å². The molecule has 0 aliphatic carbocycles. The van der Waals surface area contributed by atoms with Crippen LogP contribution >= 0.6 is 0 Å². The van der Waals surface area contributed by atoms with Crippen molar-refractivity contribution in [1.29, 1.82) is 0 Å². The number of methoxy groups -OCH3 is 2. The van der Waals surface area contributed by atoms with Gasteiger partial charge in [-0.05, 0) is 32.1 Å². The fraction of sp³-hybridized carbons (Fsp3) is 0.350. The number of sulfonamides is 1. The van der Waals surface area contributed by atoms with Crippen molar-refractivity contribution in [3.05, 3.63) is 54.3 Å².